The van der Waals surface area contributed by atoms with Crippen molar-refractivity contribution in [2.24, 2.45) is 0 Å². The van der Waals surface area contributed by atoms with Gasteiger partial charge in [-0.2, -0.15) is 0 Å². The lowest BCUT2D eigenvalue weighted by molar-refractivity contribution is -0.122. The van der Waals surface area contributed by atoms with Gasteiger partial charge in [0.15, 0.2) is 0 Å². The second-order valence-electron chi connectivity index (χ2n) is 5.78. The first-order chi connectivity index (χ1) is 10.1. The lowest BCUT2D eigenvalue weighted by atomic mass is 10.2. The molecule has 1 aromatic heterocycles. The molecule has 5 nitrogen and oxygen atoms in total. The summed E-state index contributed by atoms with van der Waals surface area (Å²) in [6.07, 6.45) is 0.971. The van der Waals surface area contributed by atoms with E-state index in [1.165, 1.54) is 0 Å². The highest BCUT2D eigenvalue weighted by Crippen LogP contribution is 2.13. The summed E-state index contributed by atoms with van der Waals surface area (Å²) in [7, 11) is 0. The monoisotopic (exact) mass is 290 g/mol. The number of amides is 1. The minimum Gasteiger partial charge on any atom is -0.354 e. The van der Waals surface area contributed by atoms with E-state index in [0.29, 0.717) is 6.54 Å². The zero-order valence-electron chi connectivity index (χ0n) is 13.3. The van der Waals surface area contributed by atoms with E-state index < -0.39 is 0 Å². The molecule has 0 aromatic carbocycles. The van der Waals surface area contributed by atoms with Gasteiger partial charge < -0.3 is 10.2 Å². The summed E-state index contributed by atoms with van der Waals surface area (Å²) in [6, 6.07) is 6.37. The Labute approximate surface area is 127 Å². The first-order valence-corrected chi connectivity index (χ1v) is 7.79. The fourth-order valence-corrected chi connectivity index (χ4v) is 2.47. The third kappa shape index (κ3) is 4.70. The van der Waals surface area contributed by atoms with Crippen molar-refractivity contribution in [3.8, 4) is 0 Å². The van der Waals surface area contributed by atoms with Gasteiger partial charge in [-0.15, -0.1) is 0 Å². The molecule has 1 aliphatic heterocycles. The Kier molecular flexibility index (Phi) is 5.56. The fraction of sp³-hybridized carbons (Fsp3) is 0.625. The van der Waals surface area contributed by atoms with Crippen LogP contribution in [0.3, 0.4) is 0 Å². The number of hydrogen-bond acceptors (Lipinski definition) is 4. The minimum atomic E-state index is 0.131. The average molecular weight is 290 g/mol. The van der Waals surface area contributed by atoms with E-state index in [1.807, 2.05) is 26.0 Å². The normalized spacial score (nSPS) is 17.6. The number of aryl methyl sites for hydroxylation is 1. The van der Waals surface area contributed by atoms with Crippen LogP contribution in [0.25, 0.3) is 0 Å². The molecule has 1 aromatic rings. The minimum absolute atomic E-state index is 0.131. The maximum absolute atomic E-state index is 11.9. The lowest BCUT2D eigenvalue weighted by Gasteiger charge is -2.35. The highest BCUT2D eigenvalue weighted by atomic mass is 16.2. The van der Waals surface area contributed by atoms with Crippen molar-refractivity contribution < 1.29 is 4.79 Å². The number of anilines is 1. The van der Waals surface area contributed by atoms with Crippen molar-refractivity contribution in [3.05, 3.63) is 23.9 Å². The lowest BCUT2D eigenvalue weighted by Crippen LogP contribution is -2.50. The van der Waals surface area contributed by atoms with E-state index in [4.69, 9.17) is 0 Å². The van der Waals surface area contributed by atoms with Crippen LogP contribution in [0.5, 0.6) is 0 Å². The van der Waals surface area contributed by atoms with E-state index >= 15 is 0 Å². The van der Waals surface area contributed by atoms with Gasteiger partial charge in [0.05, 0.1) is 6.54 Å². The Morgan fingerprint density at radius 1 is 1.33 bits per heavy atom. The van der Waals surface area contributed by atoms with Crippen LogP contribution in [0.4, 0.5) is 5.82 Å². The largest absolute Gasteiger partial charge is 0.354 e. The molecule has 2 heterocycles. The van der Waals surface area contributed by atoms with Crippen molar-refractivity contribution in [1.29, 1.82) is 0 Å². The van der Waals surface area contributed by atoms with Crippen molar-refractivity contribution in [1.82, 2.24) is 15.2 Å². The Morgan fingerprint density at radius 2 is 2.05 bits per heavy atom. The van der Waals surface area contributed by atoms with E-state index in [-0.39, 0.29) is 11.9 Å². The molecule has 21 heavy (non-hydrogen) atoms. The smallest absolute Gasteiger partial charge is 0.234 e. The number of aromatic nitrogens is 1. The zero-order chi connectivity index (χ0) is 15.2. The number of carbonyl (C=O) groups is 1. The first-order valence-electron chi connectivity index (χ1n) is 7.79. The average Bonchev–Trinajstić information content (AvgIpc) is 2.47. The maximum atomic E-state index is 11.9. The van der Waals surface area contributed by atoms with Gasteiger partial charge in [0.25, 0.3) is 0 Å². The molecule has 0 spiro atoms. The van der Waals surface area contributed by atoms with Gasteiger partial charge in [-0.25, -0.2) is 4.98 Å². The van der Waals surface area contributed by atoms with E-state index in [2.05, 4.69) is 33.1 Å². The molecule has 116 valence electrons. The molecule has 2 rings (SSSR count). The molecule has 0 bridgehead atoms. The van der Waals surface area contributed by atoms with Gasteiger partial charge in [-0.05, 0) is 32.4 Å². The van der Waals surface area contributed by atoms with Crippen LogP contribution >= 0.6 is 0 Å². The van der Waals surface area contributed by atoms with E-state index in [9.17, 15) is 4.79 Å². The van der Waals surface area contributed by atoms with Gasteiger partial charge in [0, 0.05) is 37.9 Å². The number of hydrogen-bond donors (Lipinski definition) is 1. The van der Waals surface area contributed by atoms with E-state index in [1.54, 1.807) is 0 Å². The topological polar surface area (TPSA) is 48.5 Å². The maximum Gasteiger partial charge on any atom is 0.234 e. The van der Waals surface area contributed by atoms with Crippen LogP contribution < -0.4 is 10.2 Å². The number of nitrogens with one attached hydrogen (secondary N) is 1. The predicted molar refractivity (Wildman–Crippen MR) is 85.5 cm³/mol. The molecule has 0 radical (unpaired) electrons. The number of carbonyl (C=O) groups excluding carboxylic acids is 1. The number of pyridine rings is 1. The van der Waals surface area contributed by atoms with Gasteiger partial charge in [0.2, 0.25) is 5.91 Å². The fourth-order valence-electron chi connectivity index (χ4n) is 2.47. The van der Waals surface area contributed by atoms with Crippen LogP contribution in [0.1, 0.15) is 26.0 Å². The van der Waals surface area contributed by atoms with Crippen molar-refractivity contribution in [2.45, 2.75) is 33.2 Å². The molecule has 1 atom stereocenters. The third-order valence-corrected chi connectivity index (χ3v) is 3.96. The summed E-state index contributed by atoms with van der Waals surface area (Å²) in [5.74, 6) is 1.17. The standard InChI is InChI=1S/C16H26N4O/c1-4-13(2)18-16(21)12-19-8-10-20(11-9-19)15-7-5-6-14(3)17-15/h5-7,13H,4,8-12H2,1-3H3,(H,18,21). The second-order valence-corrected chi connectivity index (χ2v) is 5.78. The Balaban J connectivity index is 1.79. The molecular weight excluding hydrogens is 264 g/mol. The highest BCUT2D eigenvalue weighted by molar-refractivity contribution is 5.78. The molecule has 1 N–H and O–H groups in total. The number of rotatable bonds is 5. The molecule has 1 amide bonds. The van der Waals surface area contributed by atoms with Crippen LogP contribution in [0, 0.1) is 6.92 Å². The summed E-state index contributed by atoms with van der Waals surface area (Å²) >= 11 is 0. The van der Waals surface area contributed by atoms with Gasteiger partial charge in [-0.3, -0.25) is 9.69 Å². The molecule has 5 heteroatoms. The number of nitrogens with zero attached hydrogens (tertiary/aromatic N) is 3. The summed E-state index contributed by atoms with van der Waals surface area (Å²) in [6.45, 7) is 10.3. The zero-order valence-corrected chi connectivity index (χ0v) is 13.3. The van der Waals surface area contributed by atoms with Crippen molar-refractivity contribution in [2.75, 3.05) is 37.6 Å². The number of piperazine rings is 1. The highest BCUT2D eigenvalue weighted by Gasteiger charge is 2.20. The van der Waals surface area contributed by atoms with Crippen molar-refractivity contribution in [3.63, 3.8) is 0 Å². The van der Waals surface area contributed by atoms with Gasteiger partial charge in [-0.1, -0.05) is 13.0 Å². The van der Waals surface area contributed by atoms with Crippen LogP contribution in [-0.4, -0.2) is 54.6 Å². The third-order valence-electron chi connectivity index (χ3n) is 3.96. The second kappa shape index (κ2) is 7.41. The molecule has 0 saturated carbocycles. The summed E-state index contributed by atoms with van der Waals surface area (Å²) in [4.78, 5) is 21.0. The Morgan fingerprint density at radius 3 is 2.67 bits per heavy atom. The molecule has 1 aliphatic rings. The van der Waals surface area contributed by atoms with E-state index in [0.717, 1.165) is 44.1 Å². The predicted octanol–water partition coefficient (Wildman–Crippen LogP) is 1.43. The van der Waals surface area contributed by atoms with Crippen LogP contribution in [0.15, 0.2) is 18.2 Å². The Hall–Kier alpha value is -1.62. The van der Waals surface area contributed by atoms with Crippen LogP contribution in [-0.2, 0) is 4.79 Å². The quantitative estimate of drug-likeness (QED) is 0.891. The summed E-state index contributed by atoms with van der Waals surface area (Å²) < 4.78 is 0. The van der Waals surface area contributed by atoms with Crippen molar-refractivity contribution >= 4 is 11.7 Å². The SMILES string of the molecule is CCC(C)NC(=O)CN1CCN(c2cccc(C)n2)CC1. The molecule has 1 fully saturated rings. The Bertz CT molecular complexity index is 469. The molecule has 1 unspecified atom stereocenters. The molecule has 0 aliphatic carbocycles. The molecular formula is C16H26N4O. The van der Waals surface area contributed by atoms with Crippen LogP contribution in [0.2, 0.25) is 0 Å². The molecule has 1 saturated heterocycles. The summed E-state index contributed by atoms with van der Waals surface area (Å²) in [5, 5.41) is 3.02. The van der Waals surface area contributed by atoms with Gasteiger partial charge >= 0.3 is 0 Å². The summed E-state index contributed by atoms with van der Waals surface area (Å²) in [5.41, 5.74) is 1.04. The van der Waals surface area contributed by atoms with Gasteiger partial charge in [0.1, 0.15) is 5.82 Å². The first kappa shape index (κ1) is 15.8.